The summed E-state index contributed by atoms with van der Waals surface area (Å²) in [5, 5.41) is 28.1. The third-order valence-electron chi connectivity index (χ3n) is 16.5. The second-order valence-corrected chi connectivity index (χ2v) is 32.7. The summed E-state index contributed by atoms with van der Waals surface area (Å²) in [5.41, 5.74) is 4.56. The van der Waals surface area contributed by atoms with Crippen molar-refractivity contribution in [2.45, 2.75) is 109 Å². The third kappa shape index (κ3) is 28.3. The summed E-state index contributed by atoms with van der Waals surface area (Å²) in [5.74, 6) is 1.92. The van der Waals surface area contributed by atoms with Gasteiger partial charge in [0, 0.05) is 73.7 Å². The van der Waals surface area contributed by atoms with Crippen molar-refractivity contribution in [3.05, 3.63) is 259 Å². The SMILES string of the molecule is COC(=O)COc1ccc(SCc2sc(-c3ccc(C(F)(F)F)cc3)nc2C)cc1.Cc1cc(SCc2oc(-c3ccc(C(F)(F)F)cc3)nc2C)ccc1OCC(=O)O.Cc1cc(SCc2sc(-c3ccc(C(F)(F)F)cc3)nc2C)ccc1OCC(=O)O.Cc1nc(-c2ccc(C(F)(F)F)cc2)sc1CSc1ccc(OCC(=O)O)cc1. The first kappa shape index (κ1) is 92.4. The Bertz CT molecular complexity index is 5240. The highest BCUT2D eigenvalue weighted by atomic mass is 32.2. The van der Waals surface area contributed by atoms with Gasteiger partial charge < -0.3 is 43.4 Å². The Morgan fingerprint density at radius 3 is 0.966 bits per heavy atom. The molecule has 0 fully saturated rings. The number of aryl methyl sites for hydroxylation is 6. The zero-order valence-corrected chi connectivity index (χ0v) is 69.3. The lowest BCUT2D eigenvalue weighted by Crippen LogP contribution is -2.12. The lowest BCUT2D eigenvalue weighted by Gasteiger charge is -2.08. The average Bonchev–Trinajstić information content (AvgIpc) is 1.72. The van der Waals surface area contributed by atoms with Gasteiger partial charge in [-0.3, -0.25) is 0 Å². The predicted octanol–water partition coefficient (Wildman–Crippen LogP) is 23.8. The number of aromatic nitrogens is 4. The zero-order valence-electron chi connectivity index (χ0n) is 63.6. The van der Waals surface area contributed by atoms with Gasteiger partial charge in [-0.15, -0.1) is 81.1 Å². The standard InChI is InChI=1S/C21H18F3NO4S.2C21H18F3NO3S2.C20H16F3NO3S2/c1-12-9-16(7-8-17(12)28-10-19(26)27)30-11-18-13(2)25-20(29-18)14-3-5-15(6-4-14)21(22,23)24;1-13-18(12-29-17-9-7-16(8-10-17)28-11-19(26)27-2)30-20(25-13)14-3-5-15(6-4-14)21(22,23)24;1-12-9-16(7-8-17(12)28-10-19(26)27)29-11-18-13(2)25-20(30-18)14-3-5-15(6-4-14)21(22,23)24;1-12-17(11-28-16-8-6-15(7-9-16)27-10-18(25)26)29-19(24-12)13-2-4-14(5-3-13)20(21,22)23/h3-9H,10-11H2,1-2H3,(H,26,27);3-10H,11-12H2,1-2H3;3-9H,10-11H2,1-2H3,(H,26,27);2-9H,10-11H2,1H3,(H,25,26). The Kier molecular flexibility index (Phi) is 32.6. The summed E-state index contributed by atoms with van der Waals surface area (Å²) < 4.78 is 184. The number of hydrogen-bond acceptors (Lipinski definition) is 21. The Balaban J connectivity index is 0.000000181. The van der Waals surface area contributed by atoms with Crippen LogP contribution in [0.4, 0.5) is 52.7 Å². The number of ether oxygens (including phenoxy) is 5. The fraction of sp³-hybridized carbons (Fsp3) is 0.229. The van der Waals surface area contributed by atoms with Crippen LogP contribution in [0.3, 0.4) is 0 Å². The normalized spacial score (nSPS) is 11.5. The minimum Gasteiger partial charge on any atom is -0.482 e. The van der Waals surface area contributed by atoms with E-state index < -0.39 is 77.4 Å². The number of carboxylic acid groups (broad SMARTS) is 3. The molecule has 0 unspecified atom stereocenters. The van der Waals surface area contributed by atoms with Gasteiger partial charge in [0.25, 0.3) is 0 Å². The number of oxazole rings is 1. The zero-order chi connectivity index (χ0) is 86.5. The molecule has 17 nitrogen and oxygen atoms in total. The number of carboxylic acids is 3. The summed E-state index contributed by atoms with van der Waals surface area (Å²) in [6, 6.07) is 45.1. The van der Waals surface area contributed by atoms with Crippen molar-refractivity contribution in [2.24, 2.45) is 0 Å². The van der Waals surface area contributed by atoms with Crippen molar-refractivity contribution in [3.63, 3.8) is 0 Å². The summed E-state index contributed by atoms with van der Waals surface area (Å²) in [4.78, 5) is 67.7. The molecule has 0 aliphatic rings. The average molecular weight is 1780 g/mol. The molecule has 0 aliphatic carbocycles. The predicted molar refractivity (Wildman–Crippen MR) is 434 cm³/mol. The summed E-state index contributed by atoms with van der Waals surface area (Å²) in [6.45, 7) is 9.78. The minimum atomic E-state index is -4.39. The highest BCUT2D eigenvalue weighted by Gasteiger charge is 2.33. The topological polar surface area (TPSA) is 240 Å². The minimum absolute atomic E-state index is 0.143. The van der Waals surface area contributed by atoms with Crippen LogP contribution in [0, 0.1) is 41.5 Å². The molecule has 3 N–H and O–H groups in total. The lowest BCUT2D eigenvalue weighted by atomic mass is 10.1. The monoisotopic (exact) mass is 1780 g/mol. The molecule has 0 atom stereocenters. The van der Waals surface area contributed by atoms with Crippen molar-refractivity contribution in [3.8, 4) is 66.2 Å². The van der Waals surface area contributed by atoms with Crippen molar-refractivity contribution in [1.29, 1.82) is 0 Å². The fourth-order valence-electron chi connectivity index (χ4n) is 10.2. The first-order valence-corrected chi connectivity index (χ1v) is 41.4. The van der Waals surface area contributed by atoms with Crippen LogP contribution in [0.25, 0.3) is 43.2 Å². The van der Waals surface area contributed by atoms with Crippen LogP contribution >= 0.6 is 81.1 Å². The van der Waals surface area contributed by atoms with Gasteiger partial charge in [0.15, 0.2) is 26.4 Å². The molecular formula is C83H70F12N4O13S7. The molecule has 119 heavy (non-hydrogen) atoms. The molecule has 12 rings (SSSR count). The molecule has 8 aromatic carbocycles. The van der Waals surface area contributed by atoms with Crippen LogP contribution in [0.2, 0.25) is 0 Å². The first-order chi connectivity index (χ1) is 56.2. The molecule has 0 aliphatic heterocycles. The summed E-state index contributed by atoms with van der Waals surface area (Å²) in [7, 11) is 1.30. The smallest absolute Gasteiger partial charge is 0.416 e. The van der Waals surface area contributed by atoms with Crippen LogP contribution in [0.5, 0.6) is 23.0 Å². The van der Waals surface area contributed by atoms with E-state index in [4.69, 9.17) is 38.7 Å². The quantitative estimate of drug-likeness (QED) is 0.0235. The molecule has 0 amide bonds. The van der Waals surface area contributed by atoms with Crippen molar-refractivity contribution >= 4 is 105 Å². The number of esters is 1. The Hall–Kier alpha value is -10.5. The Morgan fingerprint density at radius 2 is 0.655 bits per heavy atom. The summed E-state index contributed by atoms with van der Waals surface area (Å²) >= 11 is 10.7. The molecule has 12 aromatic rings. The molecule has 0 spiro atoms. The first-order valence-electron chi connectivity index (χ1n) is 35.0. The van der Waals surface area contributed by atoms with E-state index in [-0.39, 0.29) is 25.7 Å². The number of nitrogens with zero attached hydrogens (tertiary/aromatic N) is 4. The number of halogens is 12. The third-order valence-corrected chi connectivity index (χ3v) is 24.7. The highest BCUT2D eigenvalue weighted by Crippen LogP contribution is 2.42. The Morgan fingerprint density at radius 1 is 0.361 bits per heavy atom. The fourth-order valence-corrected chi connectivity index (χ4v) is 17.6. The molecule has 0 saturated carbocycles. The van der Waals surface area contributed by atoms with E-state index in [0.717, 1.165) is 111 Å². The lowest BCUT2D eigenvalue weighted by molar-refractivity contribution is -0.143. The number of carbonyl (C=O) groups is 4. The van der Waals surface area contributed by atoms with E-state index in [0.29, 0.717) is 94.7 Å². The van der Waals surface area contributed by atoms with Gasteiger partial charge >= 0.3 is 48.6 Å². The van der Waals surface area contributed by atoms with Gasteiger partial charge in [-0.05, 0) is 198 Å². The Labute approximate surface area is 702 Å². The number of hydrogen-bond donors (Lipinski definition) is 3. The van der Waals surface area contributed by atoms with Crippen LogP contribution in [-0.2, 0) is 71.6 Å². The maximum atomic E-state index is 12.7. The molecule has 4 heterocycles. The number of aliphatic carboxylic acids is 3. The van der Waals surface area contributed by atoms with E-state index in [1.807, 2.05) is 83.1 Å². The molecule has 0 radical (unpaired) electrons. The summed E-state index contributed by atoms with van der Waals surface area (Å²) in [6.07, 6.45) is -17.4. The number of thioether (sulfide) groups is 4. The van der Waals surface area contributed by atoms with Crippen molar-refractivity contribution in [2.75, 3.05) is 33.5 Å². The molecule has 0 saturated heterocycles. The van der Waals surface area contributed by atoms with E-state index in [1.165, 1.54) is 101 Å². The number of thiazole rings is 3. The van der Waals surface area contributed by atoms with Crippen molar-refractivity contribution in [1.82, 2.24) is 19.9 Å². The maximum Gasteiger partial charge on any atom is 0.416 e. The van der Waals surface area contributed by atoms with Gasteiger partial charge in [-0.25, -0.2) is 39.1 Å². The molecule has 4 aromatic heterocycles. The van der Waals surface area contributed by atoms with Gasteiger partial charge in [-0.2, -0.15) is 52.7 Å². The molecule has 0 bridgehead atoms. The molecule has 626 valence electrons. The van der Waals surface area contributed by atoms with Crippen LogP contribution in [0.15, 0.2) is 206 Å². The van der Waals surface area contributed by atoms with E-state index in [2.05, 4.69) is 24.7 Å². The molecular weight excluding hydrogens is 1710 g/mol. The number of rotatable bonds is 28. The van der Waals surface area contributed by atoms with Gasteiger partial charge in [-0.1, -0.05) is 36.4 Å². The number of carbonyl (C=O) groups excluding carboxylic acids is 1. The molecule has 36 heteroatoms. The maximum absolute atomic E-state index is 12.7. The largest absolute Gasteiger partial charge is 0.482 e. The van der Waals surface area contributed by atoms with Gasteiger partial charge in [0.05, 0.1) is 57.9 Å². The number of benzene rings is 8. The van der Waals surface area contributed by atoms with Crippen molar-refractivity contribution < 1.29 is 115 Å². The number of methoxy groups -OCH3 is 1. The van der Waals surface area contributed by atoms with Gasteiger partial charge in [0.1, 0.15) is 43.8 Å². The van der Waals surface area contributed by atoms with E-state index in [1.54, 1.807) is 78.6 Å². The second-order valence-electron chi connectivity index (χ2n) is 25.3. The van der Waals surface area contributed by atoms with E-state index >= 15 is 0 Å². The highest BCUT2D eigenvalue weighted by molar-refractivity contribution is 7.99. The van der Waals surface area contributed by atoms with Crippen LogP contribution < -0.4 is 18.9 Å². The van der Waals surface area contributed by atoms with Crippen LogP contribution in [-0.4, -0.2) is 92.7 Å². The van der Waals surface area contributed by atoms with E-state index in [9.17, 15) is 71.9 Å². The van der Waals surface area contributed by atoms with Crippen LogP contribution in [0.1, 0.15) is 76.5 Å². The van der Waals surface area contributed by atoms with Gasteiger partial charge in [0.2, 0.25) is 5.89 Å². The second kappa shape index (κ2) is 41.9. The number of alkyl halides is 12.